The fourth-order valence-electron chi connectivity index (χ4n) is 4.10. The van der Waals surface area contributed by atoms with Gasteiger partial charge >= 0.3 is 0 Å². The predicted molar refractivity (Wildman–Crippen MR) is 125 cm³/mol. The Balaban J connectivity index is 1.50. The molecule has 0 aliphatic carbocycles. The Morgan fingerprint density at radius 2 is 1.88 bits per heavy atom. The first-order valence-corrected chi connectivity index (χ1v) is 10.5. The molecule has 2 N–H and O–H groups in total. The first-order chi connectivity index (χ1) is 16.1. The van der Waals surface area contributed by atoms with E-state index in [4.69, 9.17) is 10.5 Å². The standard InChI is InChI=1S/C26H21FN4O2/c1-33-19-9-7-18(8-10-19)31-15-30-23-14-29-24(26(32)25(23)31)21-11-6-16(12-22(21)27)20-5-3-2-4-17(20)13-28/h2-12,14-15,24H,13,28H2,1H3. The monoisotopic (exact) mass is 440 g/mol. The van der Waals surface area contributed by atoms with Crippen LogP contribution < -0.4 is 10.5 Å². The number of hydrogen-bond acceptors (Lipinski definition) is 5. The van der Waals surface area contributed by atoms with Gasteiger partial charge in [-0.2, -0.15) is 0 Å². The molecule has 164 valence electrons. The molecule has 7 heteroatoms. The van der Waals surface area contributed by atoms with Crippen LogP contribution in [0.25, 0.3) is 16.8 Å². The Morgan fingerprint density at radius 3 is 2.61 bits per heavy atom. The van der Waals surface area contributed by atoms with Crippen LogP contribution in [-0.2, 0) is 6.54 Å². The topological polar surface area (TPSA) is 82.5 Å². The van der Waals surface area contributed by atoms with E-state index in [2.05, 4.69) is 9.98 Å². The molecule has 0 amide bonds. The van der Waals surface area contributed by atoms with Crippen LogP contribution in [0.2, 0.25) is 0 Å². The normalized spacial score (nSPS) is 14.9. The van der Waals surface area contributed by atoms with Crippen molar-refractivity contribution in [3.63, 3.8) is 0 Å². The molecule has 1 unspecified atom stereocenters. The number of halogens is 1. The number of carbonyl (C=O) groups is 1. The number of methoxy groups -OCH3 is 1. The van der Waals surface area contributed by atoms with Crippen molar-refractivity contribution in [2.75, 3.05) is 7.11 Å². The van der Waals surface area contributed by atoms with Crippen molar-refractivity contribution in [1.29, 1.82) is 0 Å². The summed E-state index contributed by atoms with van der Waals surface area (Å²) in [5, 5.41) is 0. The fraction of sp³-hybridized carbons (Fsp3) is 0.115. The van der Waals surface area contributed by atoms with E-state index in [1.54, 1.807) is 42.3 Å². The van der Waals surface area contributed by atoms with Crippen LogP contribution >= 0.6 is 0 Å². The lowest BCUT2D eigenvalue weighted by Crippen LogP contribution is -2.21. The summed E-state index contributed by atoms with van der Waals surface area (Å²) in [7, 11) is 1.59. The quantitative estimate of drug-likeness (QED) is 0.495. The van der Waals surface area contributed by atoms with Crippen LogP contribution in [-0.4, -0.2) is 28.7 Å². The number of aromatic nitrogens is 2. The minimum absolute atomic E-state index is 0.221. The highest BCUT2D eigenvalue weighted by Crippen LogP contribution is 2.33. The molecule has 1 aromatic heterocycles. The number of imidazole rings is 1. The number of carbonyl (C=O) groups excluding carboxylic acids is 1. The molecule has 0 radical (unpaired) electrons. The maximum Gasteiger partial charge on any atom is 0.210 e. The van der Waals surface area contributed by atoms with E-state index in [0.717, 1.165) is 16.8 Å². The molecule has 1 atom stereocenters. The molecule has 0 bridgehead atoms. The lowest BCUT2D eigenvalue weighted by Gasteiger charge is -2.19. The molecule has 1 aliphatic heterocycles. The second kappa shape index (κ2) is 8.44. The molecule has 4 aromatic rings. The van der Waals surface area contributed by atoms with E-state index in [1.165, 1.54) is 12.3 Å². The number of Topliss-reactive ketones (excluding diaryl/α,β-unsaturated/α-hetero) is 1. The minimum Gasteiger partial charge on any atom is -0.497 e. The van der Waals surface area contributed by atoms with Gasteiger partial charge < -0.3 is 10.5 Å². The Kier molecular flexibility index (Phi) is 5.32. The van der Waals surface area contributed by atoms with Crippen molar-refractivity contribution in [3.05, 3.63) is 101 Å². The van der Waals surface area contributed by atoms with Crippen molar-refractivity contribution in [1.82, 2.24) is 9.55 Å². The smallest absolute Gasteiger partial charge is 0.210 e. The van der Waals surface area contributed by atoms with Crippen molar-refractivity contribution < 1.29 is 13.9 Å². The van der Waals surface area contributed by atoms with Crippen molar-refractivity contribution in [2.24, 2.45) is 10.7 Å². The van der Waals surface area contributed by atoms with Crippen LogP contribution in [0.4, 0.5) is 4.39 Å². The molecule has 0 saturated carbocycles. The molecule has 0 fully saturated rings. The zero-order valence-corrected chi connectivity index (χ0v) is 17.9. The summed E-state index contributed by atoms with van der Waals surface area (Å²) in [6.07, 6.45) is 3.10. The zero-order chi connectivity index (χ0) is 22.9. The molecule has 5 rings (SSSR count). The minimum atomic E-state index is -0.981. The number of aliphatic imine (C=N–C) groups is 1. The van der Waals surface area contributed by atoms with Gasteiger partial charge in [0.25, 0.3) is 0 Å². The van der Waals surface area contributed by atoms with E-state index in [-0.39, 0.29) is 11.3 Å². The number of nitrogens with zero attached hydrogens (tertiary/aromatic N) is 3. The second-order valence-corrected chi connectivity index (χ2v) is 7.69. The molecular weight excluding hydrogens is 419 g/mol. The number of hydrogen-bond donors (Lipinski definition) is 1. The first-order valence-electron chi connectivity index (χ1n) is 10.5. The van der Waals surface area contributed by atoms with Gasteiger partial charge in [0.1, 0.15) is 35.3 Å². The molecule has 2 heterocycles. The van der Waals surface area contributed by atoms with Gasteiger partial charge in [-0.1, -0.05) is 36.4 Å². The third kappa shape index (κ3) is 3.62. The lowest BCUT2D eigenvalue weighted by atomic mass is 9.93. The van der Waals surface area contributed by atoms with Crippen LogP contribution in [0, 0.1) is 5.82 Å². The number of fused-ring (bicyclic) bond motifs is 1. The molecule has 33 heavy (non-hydrogen) atoms. The maximum atomic E-state index is 15.2. The summed E-state index contributed by atoms with van der Waals surface area (Å²) in [6, 6.07) is 18.7. The second-order valence-electron chi connectivity index (χ2n) is 7.69. The van der Waals surface area contributed by atoms with Crippen molar-refractivity contribution in [3.8, 4) is 22.6 Å². The third-order valence-corrected chi connectivity index (χ3v) is 5.82. The summed E-state index contributed by atoms with van der Waals surface area (Å²) >= 11 is 0. The Bertz CT molecular complexity index is 1380. The predicted octanol–water partition coefficient (Wildman–Crippen LogP) is 4.50. The lowest BCUT2D eigenvalue weighted by molar-refractivity contribution is 0.0952. The van der Waals surface area contributed by atoms with E-state index < -0.39 is 11.9 Å². The highest BCUT2D eigenvalue weighted by molar-refractivity contribution is 6.08. The van der Waals surface area contributed by atoms with Gasteiger partial charge in [0.15, 0.2) is 0 Å². The number of ether oxygens (including phenoxy) is 1. The molecule has 0 spiro atoms. The van der Waals surface area contributed by atoms with Crippen molar-refractivity contribution >= 4 is 12.0 Å². The summed E-state index contributed by atoms with van der Waals surface area (Å²) < 4.78 is 22.1. The Labute approximate surface area is 190 Å². The highest BCUT2D eigenvalue weighted by atomic mass is 19.1. The van der Waals surface area contributed by atoms with Gasteiger partial charge in [0.2, 0.25) is 5.78 Å². The molecule has 6 nitrogen and oxygen atoms in total. The Morgan fingerprint density at radius 1 is 1.09 bits per heavy atom. The van der Waals surface area contributed by atoms with E-state index in [1.807, 2.05) is 36.4 Å². The van der Waals surface area contributed by atoms with Crippen LogP contribution in [0.5, 0.6) is 5.75 Å². The number of benzene rings is 3. The maximum absolute atomic E-state index is 15.2. The van der Waals surface area contributed by atoms with E-state index >= 15 is 4.39 Å². The molecule has 3 aromatic carbocycles. The first kappa shape index (κ1) is 20.8. The average molecular weight is 440 g/mol. The van der Waals surface area contributed by atoms with Crippen LogP contribution in [0.15, 0.2) is 78.0 Å². The molecular formula is C26H21FN4O2. The highest BCUT2D eigenvalue weighted by Gasteiger charge is 2.32. The molecule has 0 saturated heterocycles. The summed E-state index contributed by atoms with van der Waals surface area (Å²) in [5.74, 6) is -0.0968. The summed E-state index contributed by atoms with van der Waals surface area (Å²) in [5.41, 5.74) is 10.1. The summed E-state index contributed by atoms with van der Waals surface area (Å²) in [4.78, 5) is 22.0. The van der Waals surface area contributed by atoms with Gasteiger partial charge in [-0.15, -0.1) is 0 Å². The van der Waals surface area contributed by atoms with Crippen LogP contribution in [0.3, 0.4) is 0 Å². The fourth-order valence-corrected chi connectivity index (χ4v) is 4.10. The summed E-state index contributed by atoms with van der Waals surface area (Å²) in [6.45, 7) is 0.350. The number of nitrogens with two attached hydrogens (primary N) is 1. The SMILES string of the molecule is COc1ccc(-n2cnc3c2C(=O)C(c2ccc(-c4ccccc4CN)cc2F)N=C3)cc1. The van der Waals surface area contributed by atoms with Gasteiger partial charge in [0, 0.05) is 17.8 Å². The van der Waals surface area contributed by atoms with Gasteiger partial charge in [-0.25, -0.2) is 9.37 Å². The molecule has 1 aliphatic rings. The Hall–Kier alpha value is -4.10. The van der Waals surface area contributed by atoms with Gasteiger partial charge in [-0.05, 0) is 47.0 Å². The van der Waals surface area contributed by atoms with Gasteiger partial charge in [0.05, 0.1) is 13.3 Å². The largest absolute Gasteiger partial charge is 0.497 e. The van der Waals surface area contributed by atoms with Gasteiger partial charge in [-0.3, -0.25) is 14.4 Å². The third-order valence-electron chi connectivity index (χ3n) is 5.82. The zero-order valence-electron chi connectivity index (χ0n) is 17.9. The number of rotatable bonds is 5. The average Bonchev–Trinajstić information content (AvgIpc) is 3.30. The van der Waals surface area contributed by atoms with E-state index in [0.29, 0.717) is 29.2 Å². The number of ketones is 1. The van der Waals surface area contributed by atoms with E-state index in [9.17, 15) is 4.79 Å². The van der Waals surface area contributed by atoms with Crippen LogP contribution in [0.1, 0.15) is 33.4 Å². The van der Waals surface area contributed by atoms with Crippen molar-refractivity contribution in [2.45, 2.75) is 12.6 Å².